The molecule has 4 aromatic heterocycles. The normalized spacial score (nSPS) is 16.9. The molecule has 17 heteroatoms. The highest BCUT2D eigenvalue weighted by atomic mass is 16.6. The smallest absolute Gasteiger partial charge is 0.415 e. The summed E-state index contributed by atoms with van der Waals surface area (Å²) >= 11 is 0. The predicted octanol–water partition coefficient (Wildman–Crippen LogP) is 6.21. The Balaban J connectivity index is 0.831. The number of carbonyl (C=O) groups is 3. The van der Waals surface area contributed by atoms with E-state index in [9.17, 15) is 29.4 Å². The number of cyclic esters (lactones) is 1. The molecular weight excluding hydrogens is 843 g/mol. The van der Waals surface area contributed by atoms with Gasteiger partial charge in [0.1, 0.15) is 23.9 Å². The summed E-state index contributed by atoms with van der Waals surface area (Å²) in [5, 5.41) is 33.7. The van der Waals surface area contributed by atoms with Gasteiger partial charge in [-0.15, -0.1) is 10.2 Å². The van der Waals surface area contributed by atoms with Crippen LogP contribution in [0.15, 0.2) is 65.7 Å². The lowest BCUT2D eigenvalue weighted by atomic mass is 9.76. The molecule has 1 atom stereocenters. The number of rotatable bonds is 11. The van der Waals surface area contributed by atoms with Gasteiger partial charge in [0.2, 0.25) is 5.82 Å². The number of nitrogens with one attached hydrogen (secondary N) is 1. The van der Waals surface area contributed by atoms with Crippen molar-refractivity contribution in [2.24, 2.45) is 0 Å². The fraction of sp³-hybridized carbons (Fsp3) is 0.388. The first-order chi connectivity index (χ1) is 31.7. The molecule has 2 amide bonds. The van der Waals surface area contributed by atoms with Gasteiger partial charge in [-0.25, -0.2) is 9.78 Å². The zero-order chi connectivity index (χ0) is 46.6. The van der Waals surface area contributed by atoms with E-state index in [1.165, 1.54) is 10.6 Å². The van der Waals surface area contributed by atoms with Gasteiger partial charge < -0.3 is 39.4 Å². The van der Waals surface area contributed by atoms with Crippen molar-refractivity contribution < 1.29 is 34.1 Å². The first-order valence-electron chi connectivity index (χ1n) is 22.5. The summed E-state index contributed by atoms with van der Waals surface area (Å²) in [6, 6.07) is 14.0. The van der Waals surface area contributed by atoms with Gasteiger partial charge in [0.05, 0.1) is 51.9 Å². The quantitative estimate of drug-likeness (QED) is 0.124. The van der Waals surface area contributed by atoms with Crippen LogP contribution in [0.25, 0.3) is 39.4 Å². The molecule has 1 saturated heterocycles. The van der Waals surface area contributed by atoms with Crippen LogP contribution in [-0.2, 0) is 34.5 Å². The average molecular weight is 896 g/mol. The third-order valence-electron chi connectivity index (χ3n) is 13.7. The number of phenols is 2. The lowest BCUT2D eigenvalue weighted by Gasteiger charge is -2.36. The Morgan fingerprint density at radius 3 is 2.53 bits per heavy atom. The van der Waals surface area contributed by atoms with E-state index in [0.29, 0.717) is 97.8 Å². The number of aromatic hydroxyl groups is 2. The highest BCUT2D eigenvalue weighted by Crippen LogP contribution is 2.42. The molecule has 0 spiro atoms. The number of hydrogen-bond acceptors (Lipinski definition) is 13. The van der Waals surface area contributed by atoms with Crippen LogP contribution in [0, 0.1) is 0 Å². The number of aromatic nitrogens is 6. The van der Waals surface area contributed by atoms with Crippen LogP contribution in [-0.4, -0.2) is 107 Å². The Kier molecular flexibility index (Phi) is 11.6. The Bertz CT molecular complexity index is 2980. The van der Waals surface area contributed by atoms with Crippen molar-refractivity contribution >= 4 is 28.9 Å². The molecule has 0 radical (unpaired) electrons. The Morgan fingerprint density at radius 1 is 1.03 bits per heavy atom. The van der Waals surface area contributed by atoms with Gasteiger partial charge in [0.15, 0.2) is 5.82 Å². The molecule has 0 saturated carbocycles. The van der Waals surface area contributed by atoms with Crippen molar-refractivity contribution in [3.63, 3.8) is 0 Å². The predicted molar refractivity (Wildman–Crippen MR) is 245 cm³/mol. The largest absolute Gasteiger partial charge is 0.508 e. The second-order valence-electron chi connectivity index (χ2n) is 17.8. The van der Waals surface area contributed by atoms with Crippen molar-refractivity contribution in [2.75, 3.05) is 33.2 Å². The fourth-order valence-corrected chi connectivity index (χ4v) is 9.61. The summed E-state index contributed by atoms with van der Waals surface area (Å²) in [5.74, 6) is -0.427. The molecule has 1 unspecified atom stereocenters. The van der Waals surface area contributed by atoms with E-state index >= 15 is 0 Å². The molecule has 3 aliphatic heterocycles. The standard InChI is InChI=1S/C49H53N9O8/c1-7-31-33-20-30(11-12-38(33)52-42-35(31)25-57-39(42)22-37-36(46(57)62)26-65-47(63)49(37,5)8-2)66-48(64)56-17-13-28(14-18-56)55(6)19-16-51-45(61)44-54-53-43(58(44)29-10-9-15-50-24-29)34-21-32(27(3)4)40(59)23-41(34)60/h9-12,15,20-24,27-28,59-60H,7-8,13-14,16-19,25-26H2,1-6H3,(H,51,61). The van der Waals surface area contributed by atoms with Crippen LogP contribution in [0.3, 0.4) is 0 Å². The van der Waals surface area contributed by atoms with Gasteiger partial charge in [-0.3, -0.25) is 23.9 Å². The molecule has 66 heavy (non-hydrogen) atoms. The summed E-state index contributed by atoms with van der Waals surface area (Å²) in [4.78, 5) is 67.0. The summed E-state index contributed by atoms with van der Waals surface area (Å²) < 4.78 is 14.7. The second kappa shape index (κ2) is 17.3. The molecule has 9 rings (SSSR count). The number of hydrogen-bond donors (Lipinski definition) is 3. The Morgan fingerprint density at radius 2 is 1.82 bits per heavy atom. The van der Waals surface area contributed by atoms with Crippen LogP contribution < -0.4 is 15.6 Å². The number of esters is 1. The van der Waals surface area contributed by atoms with Crippen LogP contribution in [0.2, 0.25) is 0 Å². The third-order valence-corrected chi connectivity index (χ3v) is 13.7. The zero-order valence-electron chi connectivity index (χ0n) is 37.9. The highest BCUT2D eigenvalue weighted by Gasteiger charge is 2.43. The number of phenolic OH excluding ortho intramolecular Hbond substituents is 2. The Labute approximate surface area is 381 Å². The molecule has 7 heterocycles. The third kappa shape index (κ3) is 7.59. The SMILES string of the molecule is CCc1c2c(nc3ccc(OC(=O)N4CCC(N(C)CCNC(=O)c5nnc(-c6cc(C(C)C)c(O)cc6O)n5-c5cccnc5)CC4)cc13)-c1cc3c(c(=O)n1C2)COC(=O)C3(C)CC. The molecule has 17 nitrogen and oxygen atoms in total. The second-order valence-corrected chi connectivity index (χ2v) is 17.8. The molecule has 6 aromatic rings. The number of pyridine rings is 3. The number of piperidine rings is 1. The van der Waals surface area contributed by atoms with Crippen molar-refractivity contribution in [1.29, 1.82) is 0 Å². The number of amides is 2. The zero-order valence-corrected chi connectivity index (χ0v) is 37.9. The van der Waals surface area contributed by atoms with E-state index in [0.717, 1.165) is 27.7 Å². The van der Waals surface area contributed by atoms with Gasteiger partial charge in [-0.2, -0.15) is 0 Å². The van der Waals surface area contributed by atoms with Gasteiger partial charge in [0, 0.05) is 55.4 Å². The number of aryl methyl sites for hydroxylation is 1. The first kappa shape index (κ1) is 44.1. The number of nitrogens with zero attached hydrogens (tertiary/aromatic N) is 8. The van der Waals surface area contributed by atoms with Crippen LogP contribution in [0.4, 0.5) is 4.79 Å². The number of fused-ring (bicyclic) bond motifs is 5. The summed E-state index contributed by atoms with van der Waals surface area (Å²) in [6.07, 6.45) is 5.34. The summed E-state index contributed by atoms with van der Waals surface area (Å²) in [6.45, 7) is 11.8. The average Bonchev–Trinajstić information content (AvgIpc) is 3.92. The minimum Gasteiger partial charge on any atom is -0.508 e. The number of carbonyl (C=O) groups excluding carboxylic acids is 3. The fourth-order valence-electron chi connectivity index (χ4n) is 9.61. The maximum atomic E-state index is 13.9. The number of likely N-dealkylation sites (N-methyl/N-ethyl adjacent to an activating group) is 1. The molecule has 3 N–H and O–H groups in total. The minimum atomic E-state index is -0.916. The van der Waals surface area contributed by atoms with E-state index in [2.05, 4.69) is 32.3 Å². The Hall–Kier alpha value is -7.14. The molecule has 1 fully saturated rings. The maximum Gasteiger partial charge on any atom is 0.415 e. The van der Waals surface area contributed by atoms with Crippen molar-refractivity contribution in [3.8, 4) is 45.7 Å². The van der Waals surface area contributed by atoms with Gasteiger partial charge in [-0.1, -0.05) is 27.7 Å². The van der Waals surface area contributed by atoms with E-state index in [4.69, 9.17) is 14.5 Å². The first-order valence-corrected chi connectivity index (χ1v) is 22.5. The minimum absolute atomic E-state index is 0.0131. The van der Waals surface area contributed by atoms with E-state index in [1.54, 1.807) is 46.1 Å². The monoisotopic (exact) mass is 895 g/mol. The molecule has 2 aromatic carbocycles. The van der Waals surface area contributed by atoms with E-state index in [1.807, 2.05) is 52.9 Å². The van der Waals surface area contributed by atoms with E-state index < -0.39 is 17.4 Å². The number of benzene rings is 2. The van der Waals surface area contributed by atoms with Crippen molar-refractivity contribution in [1.82, 2.24) is 44.4 Å². The lowest BCUT2D eigenvalue weighted by Crippen LogP contribution is -2.47. The number of ether oxygens (including phenoxy) is 2. The van der Waals surface area contributed by atoms with Crippen LogP contribution in [0.1, 0.15) is 98.2 Å². The molecule has 342 valence electrons. The summed E-state index contributed by atoms with van der Waals surface area (Å²) in [7, 11) is 1.99. The molecule has 0 bridgehead atoms. The molecule has 3 aliphatic rings. The van der Waals surface area contributed by atoms with E-state index in [-0.39, 0.29) is 53.2 Å². The van der Waals surface area contributed by atoms with Crippen LogP contribution >= 0.6 is 0 Å². The topological polar surface area (TPSA) is 207 Å². The highest BCUT2D eigenvalue weighted by molar-refractivity contribution is 5.93. The van der Waals surface area contributed by atoms with Crippen LogP contribution in [0.5, 0.6) is 17.2 Å². The van der Waals surface area contributed by atoms with Gasteiger partial charge in [0.25, 0.3) is 11.5 Å². The lowest BCUT2D eigenvalue weighted by molar-refractivity contribution is -0.153. The van der Waals surface area contributed by atoms with Crippen molar-refractivity contribution in [2.45, 2.75) is 90.8 Å². The van der Waals surface area contributed by atoms with Gasteiger partial charge in [-0.05, 0) is 105 Å². The maximum absolute atomic E-state index is 13.9. The molecular formula is C49H53N9O8. The van der Waals surface area contributed by atoms with Gasteiger partial charge >= 0.3 is 12.1 Å². The number of likely N-dealkylation sites (tertiary alicyclic amines) is 1. The summed E-state index contributed by atoms with van der Waals surface area (Å²) in [5.41, 5.74) is 5.69. The van der Waals surface area contributed by atoms with Crippen molar-refractivity contribution in [3.05, 3.63) is 105 Å². The molecule has 0 aliphatic carbocycles.